The van der Waals surface area contributed by atoms with Crippen molar-refractivity contribution in [3.8, 4) is 6.07 Å². The lowest BCUT2D eigenvalue weighted by Gasteiger charge is -2.42. The summed E-state index contributed by atoms with van der Waals surface area (Å²) in [5.74, 6) is -2.37. The third-order valence-corrected chi connectivity index (χ3v) is 5.40. The van der Waals surface area contributed by atoms with Crippen molar-refractivity contribution in [1.29, 1.82) is 5.26 Å². The summed E-state index contributed by atoms with van der Waals surface area (Å²) >= 11 is 0. The highest BCUT2D eigenvalue weighted by Crippen LogP contribution is 2.56. The zero-order chi connectivity index (χ0) is 23.1. The predicted molar refractivity (Wildman–Crippen MR) is 105 cm³/mol. The molecule has 1 amide bonds. The third kappa shape index (κ3) is 3.89. The summed E-state index contributed by atoms with van der Waals surface area (Å²) in [5, 5.41) is 11.3. The molecule has 7 nitrogen and oxygen atoms in total. The van der Waals surface area contributed by atoms with Crippen LogP contribution in [0.2, 0.25) is 0 Å². The Bertz CT molecular complexity index is 1120. The Labute approximate surface area is 179 Å². The number of ether oxygens (including phenoxy) is 1. The largest absolute Gasteiger partial charge is 0.417 e. The first-order valence-electron chi connectivity index (χ1n) is 9.65. The van der Waals surface area contributed by atoms with E-state index in [0.717, 1.165) is 12.1 Å². The molecule has 1 aliphatic heterocycles. The molecule has 0 radical (unpaired) electrons. The van der Waals surface area contributed by atoms with Crippen LogP contribution in [0.1, 0.15) is 34.5 Å². The minimum Gasteiger partial charge on any atom is -0.386 e. The lowest BCUT2D eigenvalue weighted by molar-refractivity contribution is -0.243. The van der Waals surface area contributed by atoms with Gasteiger partial charge in [0.1, 0.15) is 35.6 Å². The monoisotopic (exact) mass is 447 g/mol. The van der Waals surface area contributed by atoms with E-state index in [1.165, 1.54) is 24.4 Å². The summed E-state index contributed by atoms with van der Waals surface area (Å²) in [7, 11) is 0. The average molecular weight is 447 g/mol. The molecule has 4 rings (SSSR count). The molecule has 1 saturated carbocycles. The fraction of sp³-hybridized carbons (Fsp3) is 0.333. The van der Waals surface area contributed by atoms with Gasteiger partial charge in [0.05, 0.1) is 5.56 Å². The van der Waals surface area contributed by atoms with Gasteiger partial charge in [0.25, 0.3) is 5.91 Å². The number of nitrogens with zero attached hydrogens (tertiary/aromatic N) is 3. The number of aromatic nitrogens is 1. The number of nitriles is 1. The summed E-state index contributed by atoms with van der Waals surface area (Å²) in [4.78, 5) is 20.5. The lowest BCUT2D eigenvalue weighted by Crippen LogP contribution is -2.55. The molecular weight excluding hydrogens is 430 g/mol. The minimum absolute atomic E-state index is 0.0248. The Morgan fingerprint density at radius 1 is 1.28 bits per heavy atom. The molecule has 1 fully saturated rings. The molecule has 11 heteroatoms. The molecule has 1 aromatic heterocycles. The van der Waals surface area contributed by atoms with Gasteiger partial charge >= 0.3 is 6.18 Å². The highest BCUT2D eigenvalue weighted by atomic mass is 19.4. The Kier molecular flexibility index (Phi) is 5.34. The van der Waals surface area contributed by atoms with Gasteiger partial charge in [0.15, 0.2) is 6.10 Å². The van der Waals surface area contributed by atoms with Crippen molar-refractivity contribution in [2.75, 3.05) is 11.9 Å². The van der Waals surface area contributed by atoms with Crippen molar-refractivity contribution < 1.29 is 27.1 Å². The van der Waals surface area contributed by atoms with Gasteiger partial charge in [-0.1, -0.05) is 0 Å². The average Bonchev–Trinajstić information content (AvgIpc) is 3.60. The van der Waals surface area contributed by atoms with Crippen LogP contribution >= 0.6 is 0 Å². The maximum atomic E-state index is 14.9. The number of carbonyl (C=O) groups is 1. The Balaban J connectivity index is 1.74. The maximum absolute atomic E-state index is 14.9. The smallest absolute Gasteiger partial charge is 0.386 e. The lowest BCUT2D eigenvalue weighted by atomic mass is 9.78. The first-order chi connectivity index (χ1) is 15.1. The number of amidine groups is 1. The molecular formula is C21H17F4N5O2. The predicted octanol–water partition coefficient (Wildman–Crippen LogP) is 3.27. The summed E-state index contributed by atoms with van der Waals surface area (Å²) in [6.45, 7) is -0.513. The number of carbonyl (C=O) groups excluding carboxylic acids is 1. The quantitative estimate of drug-likeness (QED) is 0.699. The second-order valence-corrected chi connectivity index (χ2v) is 7.63. The van der Waals surface area contributed by atoms with Crippen molar-refractivity contribution >= 4 is 17.4 Å². The number of nitrogens with two attached hydrogens (primary N) is 1. The number of amides is 1. The van der Waals surface area contributed by atoms with E-state index >= 15 is 0 Å². The third-order valence-electron chi connectivity index (χ3n) is 5.40. The van der Waals surface area contributed by atoms with Crippen LogP contribution in [0.5, 0.6) is 0 Å². The molecule has 2 atom stereocenters. The van der Waals surface area contributed by atoms with E-state index in [1.807, 2.05) is 6.07 Å². The van der Waals surface area contributed by atoms with Crippen LogP contribution < -0.4 is 11.1 Å². The molecule has 1 aromatic carbocycles. The number of hydrogen-bond acceptors (Lipinski definition) is 6. The van der Waals surface area contributed by atoms with Gasteiger partial charge in [-0.05, 0) is 49.1 Å². The number of anilines is 1. The van der Waals surface area contributed by atoms with Crippen LogP contribution in [0.4, 0.5) is 23.2 Å². The van der Waals surface area contributed by atoms with Gasteiger partial charge in [0.2, 0.25) is 0 Å². The molecule has 166 valence electrons. The second-order valence-electron chi connectivity index (χ2n) is 7.63. The molecule has 2 aromatic rings. The molecule has 2 aliphatic rings. The Morgan fingerprint density at radius 3 is 2.62 bits per heavy atom. The zero-order valence-corrected chi connectivity index (χ0v) is 16.5. The number of pyridine rings is 1. The summed E-state index contributed by atoms with van der Waals surface area (Å²) in [5.41, 5.74) is 3.57. The van der Waals surface area contributed by atoms with Crippen molar-refractivity contribution in [3.63, 3.8) is 0 Å². The van der Waals surface area contributed by atoms with E-state index in [-0.39, 0.29) is 28.3 Å². The van der Waals surface area contributed by atoms with Crippen LogP contribution in [-0.4, -0.2) is 35.6 Å². The van der Waals surface area contributed by atoms with E-state index in [4.69, 9.17) is 15.7 Å². The highest BCUT2D eigenvalue weighted by Gasteiger charge is 2.64. The van der Waals surface area contributed by atoms with E-state index in [9.17, 15) is 22.4 Å². The van der Waals surface area contributed by atoms with Crippen LogP contribution in [0.3, 0.4) is 0 Å². The topological polar surface area (TPSA) is 113 Å². The summed E-state index contributed by atoms with van der Waals surface area (Å²) in [6, 6.07) is 7.90. The Hall–Kier alpha value is -3.52. The molecule has 0 spiro atoms. The standard InChI is InChI=1S/C21H17F4N5O2/c22-15-5-4-13(29-18(31)16-6-1-11(8-26)9-28-16)7-14(15)20(12-2-3-12)19(21(23,24)25)32-10-17(27)30-20/h1,4-7,9,12,19H,2-3,10H2,(H2,27,30)(H,29,31). The molecule has 3 N–H and O–H groups in total. The number of benzene rings is 1. The fourth-order valence-electron chi connectivity index (χ4n) is 3.92. The van der Waals surface area contributed by atoms with Crippen LogP contribution in [-0.2, 0) is 10.3 Å². The van der Waals surface area contributed by atoms with Gasteiger partial charge in [-0.3, -0.25) is 9.79 Å². The van der Waals surface area contributed by atoms with Crippen molar-refractivity contribution in [3.05, 3.63) is 59.2 Å². The summed E-state index contributed by atoms with van der Waals surface area (Å²) in [6.07, 6.45) is -5.19. The number of alkyl halides is 3. The van der Waals surface area contributed by atoms with Crippen molar-refractivity contribution in [2.45, 2.75) is 30.7 Å². The SMILES string of the molecule is N#Cc1ccc(C(=O)Nc2ccc(F)c(C3(C4CC4)N=C(N)COC3C(F)(F)F)c2)nc1. The first kappa shape index (κ1) is 21.7. The number of rotatable bonds is 4. The van der Waals surface area contributed by atoms with Crippen LogP contribution in [0, 0.1) is 23.1 Å². The number of aliphatic imine (C=N–C) groups is 1. The zero-order valence-electron chi connectivity index (χ0n) is 16.5. The molecule has 1 aliphatic carbocycles. The van der Waals surface area contributed by atoms with Gasteiger partial charge in [-0.2, -0.15) is 18.4 Å². The van der Waals surface area contributed by atoms with Gasteiger partial charge in [-0.15, -0.1) is 0 Å². The minimum atomic E-state index is -4.81. The van der Waals surface area contributed by atoms with E-state index in [1.54, 1.807) is 0 Å². The maximum Gasteiger partial charge on any atom is 0.417 e. The van der Waals surface area contributed by atoms with Crippen molar-refractivity contribution in [1.82, 2.24) is 4.98 Å². The number of halogens is 4. The van der Waals surface area contributed by atoms with Crippen LogP contribution in [0.15, 0.2) is 41.5 Å². The Morgan fingerprint density at radius 2 is 2.03 bits per heavy atom. The van der Waals surface area contributed by atoms with E-state index < -0.39 is 42.1 Å². The summed E-state index contributed by atoms with van der Waals surface area (Å²) < 4.78 is 61.7. The van der Waals surface area contributed by atoms with E-state index in [2.05, 4.69) is 15.3 Å². The van der Waals surface area contributed by atoms with Crippen molar-refractivity contribution in [2.24, 2.45) is 16.6 Å². The number of nitrogens with one attached hydrogen (secondary N) is 1. The molecule has 2 unspecified atom stereocenters. The molecule has 2 heterocycles. The van der Waals surface area contributed by atoms with Crippen LogP contribution in [0.25, 0.3) is 0 Å². The first-order valence-corrected chi connectivity index (χ1v) is 9.65. The number of hydrogen-bond donors (Lipinski definition) is 2. The van der Waals surface area contributed by atoms with Gasteiger partial charge < -0.3 is 15.8 Å². The second kappa shape index (κ2) is 7.87. The molecule has 32 heavy (non-hydrogen) atoms. The van der Waals surface area contributed by atoms with E-state index in [0.29, 0.717) is 12.8 Å². The molecule has 0 bridgehead atoms. The normalized spacial score (nSPS) is 23.2. The van der Waals surface area contributed by atoms with Gasteiger partial charge in [-0.25, -0.2) is 9.37 Å². The van der Waals surface area contributed by atoms with Gasteiger partial charge in [0, 0.05) is 17.4 Å². The fourth-order valence-corrected chi connectivity index (χ4v) is 3.92. The molecule has 0 saturated heterocycles. The highest BCUT2D eigenvalue weighted by molar-refractivity contribution is 6.02.